The number of amides is 1. The molecule has 4 rings (SSSR count). The van der Waals surface area contributed by atoms with Crippen molar-refractivity contribution in [3.63, 3.8) is 0 Å². The van der Waals surface area contributed by atoms with Gasteiger partial charge in [-0.15, -0.1) is 5.10 Å². The zero-order valence-electron chi connectivity index (χ0n) is 17.6. The molecule has 0 radical (unpaired) electrons. The van der Waals surface area contributed by atoms with Gasteiger partial charge in [-0.1, -0.05) is 24.3 Å². The van der Waals surface area contributed by atoms with Crippen molar-refractivity contribution >= 4 is 40.8 Å². The molecule has 0 N–H and O–H groups in total. The van der Waals surface area contributed by atoms with Crippen molar-refractivity contribution in [2.24, 2.45) is 10.2 Å². The van der Waals surface area contributed by atoms with E-state index in [1.54, 1.807) is 30.5 Å². The van der Waals surface area contributed by atoms with Gasteiger partial charge in [-0.3, -0.25) is 9.69 Å². The van der Waals surface area contributed by atoms with E-state index in [9.17, 15) is 9.18 Å². The van der Waals surface area contributed by atoms with Gasteiger partial charge in [0.1, 0.15) is 11.6 Å². The van der Waals surface area contributed by atoms with Crippen LogP contribution in [-0.4, -0.2) is 36.3 Å². The summed E-state index contributed by atoms with van der Waals surface area (Å²) in [6.07, 6.45) is 4.92. The first-order valence-electron chi connectivity index (χ1n) is 9.87. The Kier molecular flexibility index (Phi) is 6.51. The van der Waals surface area contributed by atoms with Crippen LogP contribution in [0.2, 0.25) is 0 Å². The molecule has 1 amide bonds. The Labute approximate surface area is 189 Å². The fourth-order valence-electron chi connectivity index (χ4n) is 2.99. The molecule has 2 heterocycles. The van der Waals surface area contributed by atoms with Gasteiger partial charge < -0.3 is 9.32 Å². The lowest BCUT2D eigenvalue weighted by molar-refractivity contribution is -0.122. The third-order valence-electron chi connectivity index (χ3n) is 4.71. The third kappa shape index (κ3) is 5.15. The SMILES string of the molecule is CN(C)c1ccc(/C=C2\S/C(=N/N=C\c3ccc(F)cc3)N(Cc3ccco3)C2=O)cc1. The maximum Gasteiger partial charge on any atom is 0.267 e. The molecule has 0 unspecified atom stereocenters. The van der Waals surface area contributed by atoms with Crippen LogP contribution < -0.4 is 4.90 Å². The predicted octanol–water partition coefficient (Wildman–Crippen LogP) is 4.99. The van der Waals surface area contributed by atoms with Gasteiger partial charge in [-0.2, -0.15) is 5.10 Å². The Balaban J connectivity index is 1.59. The van der Waals surface area contributed by atoms with Crippen LogP contribution in [0.4, 0.5) is 10.1 Å². The highest BCUT2D eigenvalue weighted by Crippen LogP contribution is 2.34. The Bertz CT molecular complexity index is 1170. The van der Waals surface area contributed by atoms with E-state index >= 15 is 0 Å². The summed E-state index contributed by atoms with van der Waals surface area (Å²) in [5.41, 5.74) is 2.70. The molecule has 8 heteroatoms. The van der Waals surface area contributed by atoms with E-state index in [1.807, 2.05) is 49.3 Å². The van der Waals surface area contributed by atoms with Crippen molar-refractivity contribution in [3.8, 4) is 0 Å². The van der Waals surface area contributed by atoms with Crippen LogP contribution in [0.5, 0.6) is 0 Å². The molecule has 0 bridgehead atoms. The predicted molar refractivity (Wildman–Crippen MR) is 127 cm³/mol. The largest absolute Gasteiger partial charge is 0.467 e. The number of furan rings is 1. The minimum Gasteiger partial charge on any atom is -0.467 e. The van der Waals surface area contributed by atoms with Crippen molar-refractivity contribution in [1.29, 1.82) is 0 Å². The molecule has 32 heavy (non-hydrogen) atoms. The van der Waals surface area contributed by atoms with E-state index in [2.05, 4.69) is 10.2 Å². The summed E-state index contributed by atoms with van der Waals surface area (Å²) in [7, 11) is 3.96. The zero-order chi connectivity index (χ0) is 22.5. The summed E-state index contributed by atoms with van der Waals surface area (Å²) >= 11 is 1.25. The Morgan fingerprint density at radius 3 is 2.44 bits per heavy atom. The summed E-state index contributed by atoms with van der Waals surface area (Å²) in [6, 6.07) is 17.4. The number of hydrogen-bond donors (Lipinski definition) is 0. The molecule has 0 spiro atoms. The number of amidine groups is 1. The number of hydrogen-bond acceptors (Lipinski definition) is 6. The summed E-state index contributed by atoms with van der Waals surface area (Å²) in [5, 5.41) is 8.80. The lowest BCUT2D eigenvalue weighted by Crippen LogP contribution is -2.28. The summed E-state index contributed by atoms with van der Waals surface area (Å²) in [4.78, 5) is 17.2. The number of thioether (sulfide) groups is 1. The number of halogens is 1. The van der Waals surface area contributed by atoms with Crippen LogP contribution in [-0.2, 0) is 11.3 Å². The van der Waals surface area contributed by atoms with Crippen LogP contribution in [0.3, 0.4) is 0 Å². The molecular formula is C24H21FN4O2S. The molecule has 0 saturated carbocycles. The van der Waals surface area contributed by atoms with Gasteiger partial charge in [0.25, 0.3) is 5.91 Å². The molecule has 3 aromatic rings. The summed E-state index contributed by atoms with van der Waals surface area (Å²) in [6.45, 7) is 0.251. The molecule has 0 aliphatic carbocycles. The van der Waals surface area contributed by atoms with E-state index in [0.29, 0.717) is 21.4 Å². The van der Waals surface area contributed by atoms with Crippen molar-refractivity contribution < 1.29 is 13.6 Å². The van der Waals surface area contributed by atoms with Gasteiger partial charge in [0.15, 0.2) is 5.17 Å². The summed E-state index contributed by atoms with van der Waals surface area (Å²) in [5.74, 6) is 0.160. The number of benzene rings is 2. The van der Waals surface area contributed by atoms with Gasteiger partial charge in [0.05, 0.1) is 23.9 Å². The molecule has 2 aromatic carbocycles. The number of carbonyl (C=O) groups is 1. The Hall–Kier alpha value is -3.65. The van der Waals surface area contributed by atoms with E-state index in [0.717, 1.165) is 11.3 Å². The molecule has 0 atom stereocenters. The van der Waals surface area contributed by atoms with E-state index in [1.165, 1.54) is 35.0 Å². The van der Waals surface area contributed by atoms with E-state index in [4.69, 9.17) is 4.42 Å². The van der Waals surface area contributed by atoms with Gasteiger partial charge in [0.2, 0.25) is 0 Å². The molecule has 1 saturated heterocycles. The van der Waals surface area contributed by atoms with Crippen molar-refractivity contribution in [2.75, 3.05) is 19.0 Å². The molecule has 6 nitrogen and oxygen atoms in total. The maximum absolute atomic E-state index is 13.1. The quantitative estimate of drug-likeness (QED) is 0.303. The Morgan fingerprint density at radius 1 is 1.06 bits per heavy atom. The normalized spacial score (nSPS) is 16.6. The average molecular weight is 449 g/mol. The minimum atomic E-state index is -0.316. The van der Waals surface area contributed by atoms with Crippen molar-refractivity contribution in [2.45, 2.75) is 6.54 Å². The number of nitrogens with zero attached hydrogens (tertiary/aromatic N) is 4. The Morgan fingerprint density at radius 2 is 1.78 bits per heavy atom. The third-order valence-corrected chi connectivity index (χ3v) is 5.71. The van der Waals surface area contributed by atoms with Crippen LogP contribution in [0.25, 0.3) is 6.08 Å². The van der Waals surface area contributed by atoms with Crippen LogP contribution in [0.1, 0.15) is 16.9 Å². The van der Waals surface area contributed by atoms with Crippen molar-refractivity contribution in [3.05, 3.63) is 94.5 Å². The lowest BCUT2D eigenvalue weighted by atomic mass is 10.2. The maximum atomic E-state index is 13.1. The second-order valence-corrected chi connectivity index (χ2v) is 8.26. The topological polar surface area (TPSA) is 61.4 Å². The smallest absolute Gasteiger partial charge is 0.267 e. The summed E-state index contributed by atoms with van der Waals surface area (Å²) < 4.78 is 18.5. The van der Waals surface area contributed by atoms with Gasteiger partial charge in [0, 0.05) is 19.8 Å². The number of carbonyl (C=O) groups excluding carboxylic acids is 1. The highest BCUT2D eigenvalue weighted by Gasteiger charge is 2.34. The first-order chi connectivity index (χ1) is 15.5. The highest BCUT2D eigenvalue weighted by atomic mass is 32.2. The molecule has 1 aliphatic heterocycles. The van der Waals surface area contributed by atoms with E-state index < -0.39 is 0 Å². The lowest BCUT2D eigenvalue weighted by Gasteiger charge is -2.12. The molecule has 1 aliphatic rings. The van der Waals surface area contributed by atoms with Gasteiger partial charge in [-0.25, -0.2) is 4.39 Å². The molecule has 162 valence electrons. The monoisotopic (exact) mass is 448 g/mol. The molecular weight excluding hydrogens is 427 g/mol. The highest BCUT2D eigenvalue weighted by molar-refractivity contribution is 8.18. The van der Waals surface area contributed by atoms with Crippen LogP contribution in [0.15, 0.2) is 86.5 Å². The van der Waals surface area contributed by atoms with Gasteiger partial charge in [-0.05, 0) is 65.4 Å². The standard InChI is InChI=1S/C24H21FN4O2S/c1-28(2)20-11-7-17(8-12-20)14-22-23(30)29(16-21-4-3-13-31-21)24(32-22)27-26-15-18-5-9-19(25)10-6-18/h3-15H,16H2,1-2H3/b22-14-,26-15-,27-24+. The fourth-order valence-corrected chi connectivity index (χ4v) is 3.93. The van der Waals surface area contributed by atoms with Crippen molar-refractivity contribution in [1.82, 2.24) is 4.90 Å². The van der Waals surface area contributed by atoms with Gasteiger partial charge >= 0.3 is 0 Å². The second-order valence-electron chi connectivity index (χ2n) is 7.25. The number of rotatable bonds is 6. The zero-order valence-corrected chi connectivity index (χ0v) is 18.4. The molecule has 1 fully saturated rings. The molecule has 1 aromatic heterocycles. The van der Waals surface area contributed by atoms with E-state index in [-0.39, 0.29) is 18.3 Å². The van der Waals surface area contributed by atoms with Crippen LogP contribution >= 0.6 is 11.8 Å². The first kappa shape index (κ1) is 21.6. The average Bonchev–Trinajstić information content (AvgIpc) is 3.40. The first-order valence-corrected chi connectivity index (χ1v) is 10.7. The minimum absolute atomic E-state index is 0.168. The van der Waals surface area contributed by atoms with Crippen LogP contribution in [0, 0.1) is 5.82 Å². The fraction of sp³-hybridized carbons (Fsp3) is 0.125. The number of anilines is 1. The second kappa shape index (κ2) is 9.65.